The van der Waals surface area contributed by atoms with Gasteiger partial charge in [-0.3, -0.25) is 9.59 Å². The molecule has 0 amide bonds. The lowest BCUT2D eigenvalue weighted by atomic mass is 9.70. The van der Waals surface area contributed by atoms with Crippen LogP contribution in [0.1, 0.15) is 42.9 Å². The number of carboxylic acid groups (broad SMARTS) is 2. The van der Waals surface area contributed by atoms with Gasteiger partial charge in [-0.25, -0.2) is 0 Å². The summed E-state index contributed by atoms with van der Waals surface area (Å²) < 4.78 is 0. The van der Waals surface area contributed by atoms with Crippen molar-refractivity contribution in [1.82, 2.24) is 0 Å². The van der Waals surface area contributed by atoms with Crippen molar-refractivity contribution in [1.29, 1.82) is 0 Å². The Morgan fingerprint density at radius 2 is 1.72 bits per heavy atom. The molecule has 0 fully saturated rings. The standard InChI is InChI=1S/C20H20O4S/c1-3-20(18(21)22,19(23)24)12(2)13-8-9-17-15(10-13)11-14-6-4-5-7-16(14)25-17/h4-10,12H,3,11H2,1-2H3,(H,21,22)(H,23,24). The molecule has 1 aliphatic heterocycles. The average Bonchev–Trinajstić information content (AvgIpc) is 2.59. The summed E-state index contributed by atoms with van der Waals surface area (Å²) in [7, 11) is 0. The normalized spacial score (nSPS) is 14.3. The molecular weight excluding hydrogens is 336 g/mol. The number of hydrogen-bond acceptors (Lipinski definition) is 3. The minimum atomic E-state index is -1.81. The first kappa shape index (κ1) is 17.5. The van der Waals surface area contributed by atoms with Crippen molar-refractivity contribution in [2.24, 2.45) is 5.41 Å². The van der Waals surface area contributed by atoms with E-state index in [0.717, 1.165) is 22.4 Å². The third-order valence-electron chi connectivity index (χ3n) is 5.22. The van der Waals surface area contributed by atoms with E-state index < -0.39 is 23.3 Å². The molecule has 4 nitrogen and oxygen atoms in total. The van der Waals surface area contributed by atoms with Crippen LogP contribution in [0.4, 0.5) is 0 Å². The number of benzene rings is 2. The van der Waals surface area contributed by atoms with Gasteiger partial charge in [0, 0.05) is 15.7 Å². The Bertz CT molecular complexity index is 829. The maximum atomic E-state index is 11.8. The summed E-state index contributed by atoms with van der Waals surface area (Å²) in [5, 5.41) is 19.2. The first-order valence-electron chi connectivity index (χ1n) is 8.25. The van der Waals surface area contributed by atoms with Gasteiger partial charge in [-0.1, -0.05) is 55.9 Å². The van der Waals surface area contributed by atoms with Crippen molar-refractivity contribution in [3.63, 3.8) is 0 Å². The Morgan fingerprint density at radius 1 is 1.08 bits per heavy atom. The molecule has 0 saturated heterocycles. The minimum Gasteiger partial charge on any atom is -0.480 e. The van der Waals surface area contributed by atoms with Crippen LogP contribution in [0.25, 0.3) is 0 Å². The summed E-state index contributed by atoms with van der Waals surface area (Å²) in [5.74, 6) is -3.19. The van der Waals surface area contributed by atoms with Gasteiger partial charge in [-0.15, -0.1) is 0 Å². The van der Waals surface area contributed by atoms with E-state index in [1.54, 1.807) is 25.6 Å². The lowest BCUT2D eigenvalue weighted by Crippen LogP contribution is -2.43. The number of rotatable bonds is 5. The molecule has 0 spiro atoms. The number of carbonyl (C=O) groups is 2. The molecule has 0 radical (unpaired) electrons. The van der Waals surface area contributed by atoms with Crippen LogP contribution in [0.2, 0.25) is 0 Å². The third kappa shape index (κ3) is 2.82. The summed E-state index contributed by atoms with van der Waals surface area (Å²) in [6.07, 6.45) is 0.811. The zero-order chi connectivity index (χ0) is 18.2. The molecule has 1 atom stereocenters. The maximum absolute atomic E-state index is 11.8. The molecule has 2 N–H and O–H groups in total. The Kier molecular flexibility index (Phi) is 4.60. The van der Waals surface area contributed by atoms with Crippen LogP contribution < -0.4 is 0 Å². The van der Waals surface area contributed by atoms with Crippen molar-refractivity contribution in [2.45, 2.75) is 42.4 Å². The molecule has 0 saturated carbocycles. The minimum absolute atomic E-state index is 0.0352. The number of aliphatic carboxylic acids is 2. The molecule has 0 aliphatic carbocycles. The molecule has 1 aliphatic rings. The second-order valence-electron chi connectivity index (χ2n) is 6.41. The molecule has 0 bridgehead atoms. The van der Waals surface area contributed by atoms with Crippen LogP contribution in [0.3, 0.4) is 0 Å². The molecule has 1 heterocycles. The highest BCUT2D eigenvalue weighted by Gasteiger charge is 2.50. The van der Waals surface area contributed by atoms with E-state index in [4.69, 9.17) is 0 Å². The van der Waals surface area contributed by atoms with Crippen molar-refractivity contribution in [3.05, 3.63) is 59.2 Å². The van der Waals surface area contributed by atoms with E-state index in [-0.39, 0.29) is 6.42 Å². The molecule has 25 heavy (non-hydrogen) atoms. The fourth-order valence-electron chi connectivity index (χ4n) is 3.53. The number of hydrogen-bond donors (Lipinski definition) is 2. The van der Waals surface area contributed by atoms with Crippen molar-refractivity contribution >= 4 is 23.7 Å². The van der Waals surface area contributed by atoms with Crippen LogP contribution in [0.5, 0.6) is 0 Å². The predicted octanol–water partition coefficient (Wildman–Crippen LogP) is 4.41. The predicted molar refractivity (Wildman–Crippen MR) is 96.2 cm³/mol. The molecule has 5 heteroatoms. The molecule has 3 rings (SSSR count). The average molecular weight is 356 g/mol. The first-order chi connectivity index (χ1) is 11.9. The monoisotopic (exact) mass is 356 g/mol. The van der Waals surface area contributed by atoms with E-state index >= 15 is 0 Å². The molecule has 0 aromatic heterocycles. The molecule has 1 unspecified atom stereocenters. The fourth-order valence-corrected chi connectivity index (χ4v) is 4.59. The van der Waals surface area contributed by atoms with Crippen molar-refractivity contribution in [2.75, 3.05) is 0 Å². The summed E-state index contributed by atoms with van der Waals surface area (Å²) in [6, 6.07) is 14.0. The van der Waals surface area contributed by atoms with Gasteiger partial charge in [0.2, 0.25) is 0 Å². The summed E-state index contributed by atoms with van der Waals surface area (Å²) >= 11 is 1.70. The van der Waals surface area contributed by atoms with Crippen molar-refractivity contribution in [3.8, 4) is 0 Å². The second-order valence-corrected chi connectivity index (χ2v) is 7.49. The molecule has 2 aromatic rings. The highest BCUT2D eigenvalue weighted by molar-refractivity contribution is 7.99. The fraction of sp³-hybridized carbons (Fsp3) is 0.300. The molecule has 130 valence electrons. The number of carboxylic acids is 2. The van der Waals surface area contributed by atoms with E-state index in [9.17, 15) is 19.8 Å². The van der Waals surface area contributed by atoms with E-state index in [1.807, 2.05) is 30.3 Å². The van der Waals surface area contributed by atoms with Gasteiger partial charge in [-0.2, -0.15) is 0 Å². The van der Waals surface area contributed by atoms with Gasteiger partial charge in [0.15, 0.2) is 5.41 Å². The summed E-state index contributed by atoms with van der Waals surface area (Å²) in [6.45, 7) is 3.31. The summed E-state index contributed by atoms with van der Waals surface area (Å²) in [5.41, 5.74) is 1.30. The van der Waals surface area contributed by atoms with Gasteiger partial charge in [0.1, 0.15) is 0 Å². The van der Waals surface area contributed by atoms with Crippen LogP contribution in [-0.2, 0) is 16.0 Å². The third-order valence-corrected chi connectivity index (χ3v) is 6.45. The topological polar surface area (TPSA) is 74.6 Å². The SMILES string of the molecule is CCC(C(=O)O)(C(=O)O)C(C)c1ccc2c(c1)Cc1ccccc1S2. The largest absolute Gasteiger partial charge is 0.480 e. The zero-order valence-electron chi connectivity index (χ0n) is 14.2. The van der Waals surface area contributed by atoms with Crippen LogP contribution in [0, 0.1) is 5.41 Å². The van der Waals surface area contributed by atoms with E-state index in [2.05, 4.69) is 12.1 Å². The lowest BCUT2D eigenvalue weighted by molar-refractivity contribution is -0.166. The maximum Gasteiger partial charge on any atom is 0.321 e. The quantitative estimate of drug-likeness (QED) is 0.662. The highest BCUT2D eigenvalue weighted by atomic mass is 32.2. The Morgan fingerprint density at radius 3 is 2.36 bits per heavy atom. The van der Waals surface area contributed by atoms with Gasteiger partial charge in [-0.05, 0) is 41.7 Å². The van der Waals surface area contributed by atoms with Gasteiger partial charge in [0.05, 0.1) is 0 Å². The highest BCUT2D eigenvalue weighted by Crippen LogP contribution is 2.44. The van der Waals surface area contributed by atoms with Crippen LogP contribution in [-0.4, -0.2) is 22.2 Å². The van der Waals surface area contributed by atoms with Gasteiger partial charge < -0.3 is 10.2 Å². The van der Waals surface area contributed by atoms with Crippen molar-refractivity contribution < 1.29 is 19.8 Å². The smallest absolute Gasteiger partial charge is 0.321 e. The van der Waals surface area contributed by atoms with E-state index in [0.29, 0.717) is 0 Å². The Balaban J connectivity index is 2.00. The van der Waals surface area contributed by atoms with Crippen LogP contribution in [0.15, 0.2) is 52.3 Å². The lowest BCUT2D eigenvalue weighted by Gasteiger charge is -2.31. The Labute approximate surface area is 150 Å². The summed E-state index contributed by atoms with van der Waals surface area (Å²) in [4.78, 5) is 25.9. The van der Waals surface area contributed by atoms with Gasteiger partial charge >= 0.3 is 11.9 Å². The van der Waals surface area contributed by atoms with E-state index in [1.165, 1.54) is 10.5 Å². The molecule has 2 aromatic carbocycles. The first-order valence-corrected chi connectivity index (χ1v) is 9.07. The number of fused-ring (bicyclic) bond motifs is 2. The van der Waals surface area contributed by atoms with Gasteiger partial charge in [0.25, 0.3) is 0 Å². The second kappa shape index (κ2) is 6.56. The Hall–Kier alpha value is -2.27. The van der Waals surface area contributed by atoms with Crippen LogP contribution >= 0.6 is 11.8 Å². The zero-order valence-corrected chi connectivity index (χ0v) is 15.0. The molecular formula is C20H20O4S.